The molecule has 0 unspecified atom stereocenters. The highest BCUT2D eigenvalue weighted by molar-refractivity contribution is 5.85. The van der Waals surface area contributed by atoms with Gasteiger partial charge in [-0.2, -0.15) is 0 Å². The highest BCUT2D eigenvalue weighted by atomic mass is 16.4. The molecule has 0 aromatic heterocycles. The Balaban J connectivity index is 2.27. The van der Waals surface area contributed by atoms with Crippen molar-refractivity contribution in [1.82, 2.24) is 10.2 Å². The molecule has 0 atom stereocenters. The molecule has 0 aliphatic heterocycles. The van der Waals surface area contributed by atoms with Crippen molar-refractivity contribution < 1.29 is 14.7 Å². The Kier molecular flexibility index (Phi) is 4.37. The summed E-state index contributed by atoms with van der Waals surface area (Å²) in [6, 6.07) is -0.326. The van der Waals surface area contributed by atoms with E-state index < -0.39 is 11.5 Å². The molecule has 17 heavy (non-hydrogen) atoms. The zero-order valence-corrected chi connectivity index (χ0v) is 10.8. The Bertz CT molecular complexity index is 298. The van der Waals surface area contributed by atoms with Gasteiger partial charge >= 0.3 is 12.0 Å². The molecule has 0 aromatic carbocycles. The third-order valence-corrected chi connectivity index (χ3v) is 3.43. The molecule has 0 heterocycles. The summed E-state index contributed by atoms with van der Waals surface area (Å²) in [5.41, 5.74) is -1.18. The fourth-order valence-corrected chi connectivity index (χ4v) is 1.51. The molecule has 5 heteroatoms. The van der Waals surface area contributed by atoms with Crippen molar-refractivity contribution in [2.24, 2.45) is 5.92 Å². The predicted molar refractivity (Wildman–Crippen MR) is 64.8 cm³/mol. The molecule has 2 N–H and O–H groups in total. The number of nitrogens with one attached hydrogen (secondary N) is 1. The summed E-state index contributed by atoms with van der Waals surface area (Å²) < 4.78 is 0. The van der Waals surface area contributed by atoms with E-state index in [0.29, 0.717) is 6.54 Å². The number of hydrogen-bond acceptors (Lipinski definition) is 2. The molecule has 2 amide bonds. The molecule has 98 valence electrons. The summed E-state index contributed by atoms with van der Waals surface area (Å²) in [4.78, 5) is 23.9. The maximum atomic E-state index is 11.7. The number of amides is 2. The Hall–Kier alpha value is -1.26. The van der Waals surface area contributed by atoms with Crippen molar-refractivity contribution in [3.8, 4) is 0 Å². The van der Waals surface area contributed by atoms with Crippen LogP contribution in [0.25, 0.3) is 0 Å². The van der Waals surface area contributed by atoms with E-state index >= 15 is 0 Å². The standard InChI is InChI=1S/C12H22N2O3/c1-12(2,10(15)16)14(3)11(17)13-8-4-5-9-6-7-9/h9H,4-8H2,1-3H3,(H,13,17)(H,15,16). The van der Waals surface area contributed by atoms with Gasteiger partial charge in [-0.15, -0.1) is 0 Å². The van der Waals surface area contributed by atoms with Crippen LogP contribution in [0, 0.1) is 5.92 Å². The fraction of sp³-hybridized carbons (Fsp3) is 0.833. The van der Waals surface area contributed by atoms with Gasteiger partial charge in [-0.1, -0.05) is 12.8 Å². The van der Waals surface area contributed by atoms with Gasteiger partial charge in [-0.3, -0.25) is 0 Å². The first-order valence-electron chi connectivity index (χ1n) is 6.10. The number of aliphatic carboxylic acids is 1. The van der Waals surface area contributed by atoms with Gasteiger partial charge in [0.1, 0.15) is 5.54 Å². The first-order valence-corrected chi connectivity index (χ1v) is 6.10. The molecule has 1 fully saturated rings. The maximum Gasteiger partial charge on any atom is 0.329 e. The zero-order chi connectivity index (χ0) is 13.1. The van der Waals surface area contributed by atoms with Crippen LogP contribution >= 0.6 is 0 Å². The number of carboxylic acids is 1. The number of carboxylic acid groups (broad SMARTS) is 1. The molecule has 1 aliphatic rings. The predicted octanol–water partition coefficient (Wildman–Crippen LogP) is 1.68. The number of carbonyl (C=O) groups excluding carboxylic acids is 1. The second-order valence-electron chi connectivity index (χ2n) is 5.24. The summed E-state index contributed by atoms with van der Waals surface area (Å²) in [6.45, 7) is 3.65. The van der Waals surface area contributed by atoms with Crippen LogP contribution in [-0.4, -0.2) is 41.1 Å². The van der Waals surface area contributed by atoms with E-state index in [1.54, 1.807) is 0 Å². The van der Waals surface area contributed by atoms with Crippen LogP contribution in [0.1, 0.15) is 39.5 Å². The smallest absolute Gasteiger partial charge is 0.329 e. The van der Waals surface area contributed by atoms with Crippen LogP contribution in [-0.2, 0) is 4.79 Å². The minimum absolute atomic E-state index is 0.326. The monoisotopic (exact) mass is 242 g/mol. The quantitative estimate of drug-likeness (QED) is 0.696. The SMILES string of the molecule is CN(C(=O)NCCCC1CC1)C(C)(C)C(=O)O. The molecule has 0 bridgehead atoms. The van der Waals surface area contributed by atoms with Crippen LogP contribution in [0.2, 0.25) is 0 Å². The van der Waals surface area contributed by atoms with Crippen molar-refractivity contribution in [2.75, 3.05) is 13.6 Å². The molecule has 1 rings (SSSR count). The lowest BCUT2D eigenvalue weighted by molar-refractivity contribution is -0.146. The third-order valence-electron chi connectivity index (χ3n) is 3.43. The van der Waals surface area contributed by atoms with Gasteiger partial charge in [-0.25, -0.2) is 9.59 Å². The largest absolute Gasteiger partial charge is 0.480 e. The summed E-state index contributed by atoms with van der Waals surface area (Å²) in [7, 11) is 1.50. The molecule has 1 aliphatic carbocycles. The van der Waals surface area contributed by atoms with Crippen LogP contribution in [0.3, 0.4) is 0 Å². The van der Waals surface area contributed by atoms with E-state index in [-0.39, 0.29) is 6.03 Å². The first kappa shape index (κ1) is 13.8. The average molecular weight is 242 g/mol. The highest BCUT2D eigenvalue weighted by Gasteiger charge is 2.35. The lowest BCUT2D eigenvalue weighted by Gasteiger charge is -2.31. The van der Waals surface area contributed by atoms with Gasteiger partial charge in [0.15, 0.2) is 0 Å². The van der Waals surface area contributed by atoms with Crippen LogP contribution < -0.4 is 5.32 Å². The number of hydrogen-bond donors (Lipinski definition) is 2. The Labute approximate surface area is 102 Å². The van der Waals surface area contributed by atoms with E-state index in [9.17, 15) is 9.59 Å². The number of rotatable bonds is 6. The van der Waals surface area contributed by atoms with Gasteiger partial charge < -0.3 is 15.3 Å². The van der Waals surface area contributed by atoms with Gasteiger partial charge in [0.2, 0.25) is 0 Å². The molecule has 0 spiro atoms. The van der Waals surface area contributed by atoms with Crippen LogP contribution in [0.5, 0.6) is 0 Å². The molecular formula is C12H22N2O3. The van der Waals surface area contributed by atoms with Crippen molar-refractivity contribution in [3.63, 3.8) is 0 Å². The van der Waals surface area contributed by atoms with Gasteiger partial charge in [0, 0.05) is 13.6 Å². The van der Waals surface area contributed by atoms with Crippen molar-refractivity contribution >= 4 is 12.0 Å². The lowest BCUT2D eigenvalue weighted by atomic mass is 10.1. The number of urea groups is 1. The van der Waals surface area contributed by atoms with E-state index in [0.717, 1.165) is 18.8 Å². The van der Waals surface area contributed by atoms with Crippen molar-refractivity contribution in [2.45, 2.75) is 45.1 Å². The van der Waals surface area contributed by atoms with Gasteiger partial charge in [0.05, 0.1) is 0 Å². The topological polar surface area (TPSA) is 69.6 Å². The van der Waals surface area contributed by atoms with Crippen molar-refractivity contribution in [1.29, 1.82) is 0 Å². The first-order chi connectivity index (χ1) is 7.85. The molecule has 0 saturated heterocycles. The summed E-state index contributed by atoms with van der Waals surface area (Å²) in [5.74, 6) is -0.145. The second-order valence-corrected chi connectivity index (χ2v) is 5.24. The molecular weight excluding hydrogens is 220 g/mol. The molecule has 0 radical (unpaired) electrons. The van der Waals surface area contributed by atoms with E-state index in [1.165, 1.54) is 38.6 Å². The van der Waals surface area contributed by atoms with E-state index in [2.05, 4.69) is 5.32 Å². The fourth-order valence-electron chi connectivity index (χ4n) is 1.51. The minimum atomic E-state index is -1.18. The summed E-state index contributed by atoms with van der Waals surface area (Å²) >= 11 is 0. The number of carbonyl (C=O) groups is 2. The second kappa shape index (κ2) is 5.38. The Morgan fingerprint density at radius 1 is 1.41 bits per heavy atom. The van der Waals surface area contributed by atoms with Gasteiger partial charge in [-0.05, 0) is 32.6 Å². The molecule has 1 saturated carbocycles. The Morgan fingerprint density at radius 2 is 2.00 bits per heavy atom. The minimum Gasteiger partial charge on any atom is -0.480 e. The van der Waals surface area contributed by atoms with E-state index in [4.69, 9.17) is 5.11 Å². The maximum absolute atomic E-state index is 11.7. The summed E-state index contributed by atoms with van der Waals surface area (Å²) in [5, 5.41) is 11.7. The molecule has 0 aromatic rings. The summed E-state index contributed by atoms with van der Waals surface area (Å²) in [6.07, 6.45) is 4.77. The van der Waals surface area contributed by atoms with Crippen molar-refractivity contribution in [3.05, 3.63) is 0 Å². The zero-order valence-electron chi connectivity index (χ0n) is 10.8. The average Bonchev–Trinajstić information content (AvgIpc) is 3.06. The normalized spacial score (nSPS) is 15.5. The van der Waals surface area contributed by atoms with Crippen LogP contribution in [0.4, 0.5) is 4.79 Å². The highest BCUT2D eigenvalue weighted by Crippen LogP contribution is 2.33. The van der Waals surface area contributed by atoms with Gasteiger partial charge in [0.25, 0.3) is 0 Å². The third kappa shape index (κ3) is 3.91. The number of nitrogens with zero attached hydrogens (tertiary/aromatic N) is 1. The lowest BCUT2D eigenvalue weighted by Crippen LogP contribution is -2.54. The molecule has 5 nitrogen and oxygen atoms in total. The Morgan fingerprint density at radius 3 is 2.47 bits per heavy atom. The van der Waals surface area contributed by atoms with E-state index in [1.807, 2.05) is 0 Å². The van der Waals surface area contributed by atoms with Crippen LogP contribution in [0.15, 0.2) is 0 Å². The number of likely N-dealkylation sites (N-methyl/N-ethyl adjacent to an activating group) is 1.